The van der Waals surface area contributed by atoms with Gasteiger partial charge in [0.15, 0.2) is 0 Å². The van der Waals surface area contributed by atoms with Gasteiger partial charge in [0, 0.05) is 25.1 Å². The third-order valence-corrected chi connectivity index (χ3v) is 4.42. The molecular formula is C18H27NO2. The number of hydrogen-bond donors (Lipinski definition) is 1. The Balaban J connectivity index is 1.45. The number of ether oxygens (including phenoxy) is 2. The maximum absolute atomic E-state index is 6.09. The summed E-state index contributed by atoms with van der Waals surface area (Å²) in [5, 5.41) is 3.48. The van der Waals surface area contributed by atoms with Crippen LogP contribution in [0.3, 0.4) is 0 Å². The van der Waals surface area contributed by atoms with Gasteiger partial charge in [-0.2, -0.15) is 0 Å². The van der Waals surface area contributed by atoms with Gasteiger partial charge >= 0.3 is 0 Å². The normalized spacial score (nSPS) is 20.5. The number of nitrogens with one attached hydrogen (secondary N) is 1. The van der Waals surface area contributed by atoms with E-state index in [-0.39, 0.29) is 5.60 Å². The molecule has 0 bridgehead atoms. The van der Waals surface area contributed by atoms with E-state index in [1.807, 2.05) is 0 Å². The first kappa shape index (κ1) is 14.9. The third-order valence-electron chi connectivity index (χ3n) is 4.42. The molecule has 1 N–H and O–H groups in total. The molecule has 1 aliphatic carbocycles. The molecule has 1 saturated carbocycles. The van der Waals surface area contributed by atoms with Crippen LogP contribution in [0.4, 0.5) is 0 Å². The molecule has 2 aliphatic rings. The molecule has 0 amide bonds. The van der Waals surface area contributed by atoms with E-state index in [1.54, 1.807) is 0 Å². The Kier molecular flexibility index (Phi) is 4.51. The molecule has 1 heterocycles. The molecule has 0 atom stereocenters. The fourth-order valence-electron chi connectivity index (χ4n) is 3.39. The van der Waals surface area contributed by atoms with E-state index in [0.29, 0.717) is 6.10 Å². The lowest BCUT2D eigenvalue weighted by Crippen LogP contribution is -2.25. The van der Waals surface area contributed by atoms with Gasteiger partial charge in [0.2, 0.25) is 0 Å². The third kappa shape index (κ3) is 3.78. The van der Waals surface area contributed by atoms with E-state index < -0.39 is 0 Å². The summed E-state index contributed by atoms with van der Waals surface area (Å²) in [5.74, 6) is 1.09. The number of fused-ring (bicyclic) bond motifs is 1. The van der Waals surface area contributed by atoms with Gasteiger partial charge in [-0.25, -0.2) is 0 Å². The van der Waals surface area contributed by atoms with Crippen molar-refractivity contribution in [2.75, 3.05) is 13.2 Å². The summed E-state index contributed by atoms with van der Waals surface area (Å²) in [4.78, 5) is 0. The van der Waals surface area contributed by atoms with Crippen molar-refractivity contribution >= 4 is 0 Å². The quantitative estimate of drug-likeness (QED) is 0.814. The van der Waals surface area contributed by atoms with Crippen molar-refractivity contribution in [3.05, 3.63) is 29.3 Å². The minimum Gasteiger partial charge on any atom is -0.487 e. The zero-order chi connectivity index (χ0) is 14.7. The fraction of sp³-hybridized carbons (Fsp3) is 0.667. The van der Waals surface area contributed by atoms with E-state index in [9.17, 15) is 0 Å². The minimum atomic E-state index is -0.0655. The van der Waals surface area contributed by atoms with Crippen molar-refractivity contribution in [2.45, 2.75) is 64.2 Å². The molecule has 116 valence electrons. The molecule has 3 nitrogen and oxygen atoms in total. The second-order valence-corrected chi connectivity index (χ2v) is 6.90. The van der Waals surface area contributed by atoms with Gasteiger partial charge in [-0.1, -0.05) is 31.0 Å². The van der Waals surface area contributed by atoms with Crippen LogP contribution in [0.5, 0.6) is 5.75 Å². The maximum Gasteiger partial charge on any atom is 0.127 e. The highest BCUT2D eigenvalue weighted by molar-refractivity contribution is 5.45. The van der Waals surface area contributed by atoms with Crippen LogP contribution >= 0.6 is 0 Å². The first-order valence-electron chi connectivity index (χ1n) is 8.26. The molecule has 0 radical (unpaired) electrons. The van der Waals surface area contributed by atoms with Gasteiger partial charge in [0.25, 0.3) is 0 Å². The molecule has 1 aromatic carbocycles. The monoisotopic (exact) mass is 289 g/mol. The Hall–Kier alpha value is -1.06. The van der Waals surface area contributed by atoms with Crippen molar-refractivity contribution in [1.29, 1.82) is 0 Å². The highest BCUT2D eigenvalue weighted by Gasteiger charge is 2.31. The number of hydrogen-bond acceptors (Lipinski definition) is 3. The molecular weight excluding hydrogens is 262 g/mol. The van der Waals surface area contributed by atoms with E-state index in [2.05, 4.69) is 37.4 Å². The predicted octanol–water partition coefficient (Wildman–Crippen LogP) is 3.45. The second kappa shape index (κ2) is 6.37. The van der Waals surface area contributed by atoms with Gasteiger partial charge in [-0.3, -0.25) is 0 Å². The second-order valence-electron chi connectivity index (χ2n) is 6.90. The van der Waals surface area contributed by atoms with Crippen LogP contribution in [0.15, 0.2) is 18.2 Å². The predicted molar refractivity (Wildman–Crippen MR) is 84.8 cm³/mol. The lowest BCUT2D eigenvalue weighted by atomic mass is 10.0. The van der Waals surface area contributed by atoms with Gasteiger partial charge in [0.1, 0.15) is 11.4 Å². The SMILES string of the molecule is CC1(C)Cc2cccc(CNCCOC3CCCC3)c2O1. The topological polar surface area (TPSA) is 30.5 Å². The van der Waals surface area contributed by atoms with Crippen LogP contribution in [-0.2, 0) is 17.7 Å². The summed E-state index contributed by atoms with van der Waals surface area (Å²) in [6.07, 6.45) is 6.67. The summed E-state index contributed by atoms with van der Waals surface area (Å²) in [5.41, 5.74) is 2.53. The Labute approximate surface area is 128 Å². The zero-order valence-electron chi connectivity index (χ0n) is 13.3. The van der Waals surface area contributed by atoms with Crippen LogP contribution in [0.25, 0.3) is 0 Å². The zero-order valence-corrected chi connectivity index (χ0v) is 13.3. The number of rotatable bonds is 6. The van der Waals surface area contributed by atoms with E-state index in [0.717, 1.165) is 31.9 Å². The van der Waals surface area contributed by atoms with Gasteiger partial charge in [0.05, 0.1) is 12.7 Å². The highest BCUT2D eigenvalue weighted by Crippen LogP contribution is 2.37. The van der Waals surface area contributed by atoms with Gasteiger partial charge in [-0.05, 0) is 32.3 Å². The Bertz CT molecular complexity index is 478. The molecule has 3 heteroatoms. The molecule has 1 aliphatic heterocycles. The summed E-state index contributed by atoms with van der Waals surface area (Å²) in [6.45, 7) is 6.88. The van der Waals surface area contributed by atoms with Crippen LogP contribution in [0, 0.1) is 0 Å². The molecule has 0 aromatic heterocycles. The van der Waals surface area contributed by atoms with Crippen LogP contribution in [0.2, 0.25) is 0 Å². The Morgan fingerprint density at radius 3 is 2.90 bits per heavy atom. The molecule has 21 heavy (non-hydrogen) atoms. The maximum atomic E-state index is 6.09. The molecule has 0 unspecified atom stereocenters. The first-order valence-corrected chi connectivity index (χ1v) is 8.26. The summed E-state index contributed by atoms with van der Waals surface area (Å²) in [6, 6.07) is 6.47. The molecule has 0 saturated heterocycles. The number of benzene rings is 1. The summed E-state index contributed by atoms with van der Waals surface area (Å²) >= 11 is 0. The van der Waals surface area contributed by atoms with E-state index >= 15 is 0 Å². The van der Waals surface area contributed by atoms with Crippen LogP contribution < -0.4 is 10.1 Å². The van der Waals surface area contributed by atoms with Gasteiger partial charge in [-0.15, -0.1) is 0 Å². The minimum absolute atomic E-state index is 0.0655. The molecule has 1 aromatic rings. The fourth-order valence-corrected chi connectivity index (χ4v) is 3.39. The molecule has 1 fully saturated rings. The van der Waals surface area contributed by atoms with Crippen molar-refractivity contribution < 1.29 is 9.47 Å². The average molecular weight is 289 g/mol. The lowest BCUT2D eigenvalue weighted by Gasteiger charge is -2.18. The average Bonchev–Trinajstić information content (AvgIpc) is 3.04. The standard InChI is InChI=1S/C18H27NO2/c1-18(2)12-14-6-5-7-15(17(14)21-18)13-19-10-11-20-16-8-3-4-9-16/h5-7,16,19H,3-4,8-13H2,1-2H3. The smallest absolute Gasteiger partial charge is 0.127 e. The summed E-state index contributed by atoms with van der Waals surface area (Å²) < 4.78 is 12.0. The van der Waals surface area contributed by atoms with Crippen molar-refractivity contribution in [3.8, 4) is 5.75 Å². The molecule has 0 spiro atoms. The molecule has 3 rings (SSSR count). The van der Waals surface area contributed by atoms with Crippen molar-refractivity contribution in [2.24, 2.45) is 0 Å². The largest absolute Gasteiger partial charge is 0.487 e. The van der Waals surface area contributed by atoms with E-state index in [4.69, 9.17) is 9.47 Å². The Morgan fingerprint density at radius 2 is 2.10 bits per heavy atom. The van der Waals surface area contributed by atoms with Crippen molar-refractivity contribution in [3.63, 3.8) is 0 Å². The van der Waals surface area contributed by atoms with Crippen molar-refractivity contribution in [1.82, 2.24) is 5.32 Å². The highest BCUT2D eigenvalue weighted by atomic mass is 16.5. The number of para-hydroxylation sites is 1. The first-order chi connectivity index (χ1) is 10.1. The van der Waals surface area contributed by atoms with Crippen LogP contribution in [0.1, 0.15) is 50.7 Å². The van der Waals surface area contributed by atoms with Crippen LogP contribution in [-0.4, -0.2) is 24.9 Å². The summed E-state index contributed by atoms with van der Waals surface area (Å²) in [7, 11) is 0. The van der Waals surface area contributed by atoms with Gasteiger partial charge < -0.3 is 14.8 Å². The Morgan fingerprint density at radius 1 is 1.29 bits per heavy atom. The lowest BCUT2D eigenvalue weighted by molar-refractivity contribution is 0.0602. The van der Waals surface area contributed by atoms with E-state index in [1.165, 1.54) is 36.8 Å².